The van der Waals surface area contributed by atoms with E-state index in [9.17, 15) is 8.42 Å². The first-order chi connectivity index (χ1) is 6.56. The highest BCUT2D eigenvalue weighted by Crippen LogP contribution is 2.15. The molecule has 0 unspecified atom stereocenters. The first-order valence-corrected chi connectivity index (χ1v) is 6.27. The third kappa shape index (κ3) is 2.97. The molecule has 0 atom stereocenters. The maximum Gasteiger partial charge on any atom is 0.178 e. The highest BCUT2D eigenvalue weighted by atomic mass is 35.5. The zero-order chi connectivity index (χ0) is 10.6. The van der Waals surface area contributed by atoms with E-state index in [4.69, 9.17) is 17.3 Å². The Balaban J connectivity index is 2.87. The largest absolute Gasteiger partial charge is 0.330 e. The average Bonchev–Trinajstić information content (AvgIpc) is 2.16. The van der Waals surface area contributed by atoms with Gasteiger partial charge in [0.05, 0.1) is 10.6 Å². The molecule has 0 saturated carbocycles. The van der Waals surface area contributed by atoms with Gasteiger partial charge in [0.1, 0.15) is 0 Å². The fourth-order valence-electron chi connectivity index (χ4n) is 1.03. The van der Waals surface area contributed by atoms with Crippen molar-refractivity contribution in [2.24, 2.45) is 5.73 Å². The molecule has 5 heteroatoms. The predicted octanol–water partition coefficient (Wildman–Crippen LogP) is 1.46. The molecule has 0 radical (unpaired) electrons. The highest BCUT2D eigenvalue weighted by Gasteiger charge is 2.12. The summed E-state index contributed by atoms with van der Waals surface area (Å²) in [6.07, 6.45) is 0.477. The van der Waals surface area contributed by atoms with Gasteiger partial charge in [0.25, 0.3) is 0 Å². The van der Waals surface area contributed by atoms with E-state index < -0.39 is 9.84 Å². The first kappa shape index (κ1) is 11.5. The molecule has 0 fully saturated rings. The SMILES string of the molecule is NCCCS(=O)(=O)c1ccc(Cl)cc1. The van der Waals surface area contributed by atoms with Crippen LogP contribution in [0.3, 0.4) is 0 Å². The molecule has 2 N–H and O–H groups in total. The molecule has 0 aliphatic heterocycles. The normalized spacial score (nSPS) is 11.6. The van der Waals surface area contributed by atoms with Crippen LogP contribution < -0.4 is 5.73 Å². The molecule has 0 aromatic heterocycles. The summed E-state index contributed by atoms with van der Waals surface area (Å²) in [5, 5.41) is 0.530. The predicted molar refractivity (Wildman–Crippen MR) is 57.2 cm³/mol. The Morgan fingerprint density at radius 1 is 1.21 bits per heavy atom. The number of rotatable bonds is 4. The van der Waals surface area contributed by atoms with E-state index in [1.54, 1.807) is 12.1 Å². The molecular formula is C9H12ClNO2S. The second kappa shape index (κ2) is 4.77. The van der Waals surface area contributed by atoms with E-state index in [-0.39, 0.29) is 5.75 Å². The smallest absolute Gasteiger partial charge is 0.178 e. The van der Waals surface area contributed by atoms with Crippen LogP contribution in [0.4, 0.5) is 0 Å². The number of benzene rings is 1. The van der Waals surface area contributed by atoms with Gasteiger partial charge in [0, 0.05) is 5.02 Å². The lowest BCUT2D eigenvalue weighted by Crippen LogP contribution is -2.11. The highest BCUT2D eigenvalue weighted by molar-refractivity contribution is 7.91. The Hall–Kier alpha value is -0.580. The van der Waals surface area contributed by atoms with Gasteiger partial charge in [-0.25, -0.2) is 8.42 Å². The number of nitrogens with two attached hydrogens (primary N) is 1. The fourth-order valence-corrected chi connectivity index (χ4v) is 2.49. The van der Waals surface area contributed by atoms with Crippen molar-refractivity contribution in [3.05, 3.63) is 29.3 Å². The Kier molecular flexibility index (Phi) is 3.92. The number of halogens is 1. The maximum absolute atomic E-state index is 11.6. The minimum absolute atomic E-state index is 0.0884. The standard InChI is InChI=1S/C9H12ClNO2S/c10-8-2-4-9(5-3-8)14(12,13)7-1-6-11/h2-5H,1,6-7,11H2. The summed E-state index contributed by atoms with van der Waals surface area (Å²) >= 11 is 5.65. The molecule has 0 amide bonds. The third-order valence-corrected chi connectivity index (χ3v) is 3.86. The van der Waals surface area contributed by atoms with Gasteiger partial charge < -0.3 is 5.73 Å². The summed E-state index contributed by atoms with van der Waals surface area (Å²) in [5.41, 5.74) is 5.25. The van der Waals surface area contributed by atoms with Crippen molar-refractivity contribution in [3.63, 3.8) is 0 Å². The van der Waals surface area contributed by atoms with Gasteiger partial charge >= 0.3 is 0 Å². The molecule has 1 rings (SSSR count). The Labute approximate surface area is 88.8 Å². The van der Waals surface area contributed by atoms with E-state index in [2.05, 4.69) is 0 Å². The molecule has 0 heterocycles. The lowest BCUT2D eigenvalue weighted by atomic mass is 10.4. The minimum atomic E-state index is -3.18. The van der Waals surface area contributed by atoms with E-state index in [1.165, 1.54) is 12.1 Å². The number of sulfone groups is 1. The summed E-state index contributed by atoms with van der Waals surface area (Å²) in [4.78, 5) is 0.301. The third-order valence-electron chi connectivity index (χ3n) is 1.79. The van der Waals surface area contributed by atoms with Crippen LogP contribution >= 0.6 is 11.6 Å². The lowest BCUT2D eigenvalue weighted by Gasteiger charge is -2.02. The molecule has 0 spiro atoms. The van der Waals surface area contributed by atoms with Gasteiger partial charge in [0.15, 0.2) is 9.84 Å². The molecular weight excluding hydrogens is 222 g/mol. The Morgan fingerprint density at radius 2 is 1.79 bits per heavy atom. The Bertz CT molecular complexity index is 386. The maximum atomic E-state index is 11.6. The van der Waals surface area contributed by atoms with Crippen molar-refractivity contribution in [1.82, 2.24) is 0 Å². The lowest BCUT2D eigenvalue weighted by molar-refractivity contribution is 0.593. The number of hydrogen-bond donors (Lipinski definition) is 1. The van der Waals surface area contributed by atoms with Crippen LogP contribution in [-0.4, -0.2) is 20.7 Å². The molecule has 0 bridgehead atoms. The van der Waals surface area contributed by atoms with E-state index >= 15 is 0 Å². The monoisotopic (exact) mass is 233 g/mol. The van der Waals surface area contributed by atoms with Gasteiger partial charge in [0.2, 0.25) is 0 Å². The number of hydrogen-bond acceptors (Lipinski definition) is 3. The van der Waals surface area contributed by atoms with Crippen molar-refractivity contribution >= 4 is 21.4 Å². The quantitative estimate of drug-likeness (QED) is 0.857. The topological polar surface area (TPSA) is 60.2 Å². The molecule has 0 saturated heterocycles. The molecule has 1 aromatic carbocycles. The zero-order valence-electron chi connectivity index (χ0n) is 7.61. The van der Waals surface area contributed by atoms with Crippen LogP contribution in [0.1, 0.15) is 6.42 Å². The summed E-state index contributed by atoms with van der Waals surface area (Å²) in [5.74, 6) is 0.0884. The molecule has 1 aromatic rings. The zero-order valence-corrected chi connectivity index (χ0v) is 9.18. The molecule has 0 aliphatic carbocycles. The summed E-state index contributed by atoms with van der Waals surface area (Å²) in [6, 6.07) is 6.15. The summed E-state index contributed by atoms with van der Waals surface area (Å²) in [6.45, 7) is 0.382. The van der Waals surface area contributed by atoms with Gasteiger partial charge in [-0.15, -0.1) is 0 Å². The minimum Gasteiger partial charge on any atom is -0.330 e. The van der Waals surface area contributed by atoms with Crippen molar-refractivity contribution in [2.75, 3.05) is 12.3 Å². The first-order valence-electron chi connectivity index (χ1n) is 4.24. The molecule has 3 nitrogen and oxygen atoms in total. The molecule has 78 valence electrons. The van der Waals surface area contributed by atoms with Crippen LogP contribution in [0, 0.1) is 0 Å². The van der Waals surface area contributed by atoms with Gasteiger partial charge in [-0.3, -0.25) is 0 Å². The van der Waals surface area contributed by atoms with Crippen molar-refractivity contribution in [2.45, 2.75) is 11.3 Å². The molecule has 0 aliphatic rings. The van der Waals surface area contributed by atoms with Crippen LogP contribution in [0.15, 0.2) is 29.2 Å². The van der Waals surface area contributed by atoms with Crippen LogP contribution in [0.2, 0.25) is 5.02 Å². The summed E-state index contributed by atoms with van der Waals surface area (Å²) < 4.78 is 23.2. The van der Waals surface area contributed by atoms with Crippen molar-refractivity contribution < 1.29 is 8.42 Å². The Morgan fingerprint density at radius 3 is 2.29 bits per heavy atom. The van der Waals surface area contributed by atoms with E-state index in [1.807, 2.05) is 0 Å². The summed E-state index contributed by atoms with van der Waals surface area (Å²) in [7, 11) is -3.18. The van der Waals surface area contributed by atoms with E-state index in [0.717, 1.165) is 0 Å². The second-order valence-electron chi connectivity index (χ2n) is 2.92. The van der Waals surface area contributed by atoms with Gasteiger partial charge in [-0.2, -0.15) is 0 Å². The fraction of sp³-hybridized carbons (Fsp3) is 0.333. The van der Waals surface area contributed by atoms with Gasteiger partial charge in [-0.05, 0) is 37.2 Å². The molecule has 14 heavy (non-hydrogen) atoms. The van der Waals surface area contributed by atoms with Crippen molar-refractivity contribution in [1.29, 1.82) is 0 Å². The van der Waals surface area contributed by atoms with Crippen LogP contribution in [0.25, 0.3) is 0 Å². The average molecular weight is 234 g/mol. The van der Waals surface area contributed by atoms with Crippen LogP contribution in [0.5, 0.6) is 0 Å². The van der Waals surface area contributed by atoms with Gasteiger partial charge in [-0.1, -0.05) is 11.6 Å². The second-order valence-corrected chi connectivity index (χ2v) is 5.46. The van der Waals surface area contributed by atoms with Crippen LogP contribution in [-0.2, 0) is 9.84 Å². The van der Waals surface area contributed by atoms with Crippen molar-refractivity contribution in [3.8, 4) is 0 Å². The van der Waals surface area contributed by atoms with E-state index in [0.29, 0.717) is 22.9 Å².